The highest BCUT2D eigenvalue weighted by atomic mass is 32.2. The Bertz CT molecular complexity index is 1190. The SMILES string of the molecule is Cc1cc(C(=O)CSc2nnc(-c3cccs3)o2)c(C)n1-c1ccc(OC(F)F)cc1. The maximum absolute atomic E-state index is 12.8. The van der Waals surface area contributed by atoms with Crippen molar-refractivity contribution in [2.75, 3.05) is 5.75 Å². The maximum atomic E-state index is 12.8. The predicted octanol–water partition coefficient (Wildman–Crippen LogP) is 5.78. The molecule has 4 rings (SSSR count). The van der Waals surface area contributed by atoms with E-state index in [9.17, 15) is 13.6 Å². The van der Waals surface area contributed by atoms with Crippen LogP contribution in [-0.2, 0) is 0 Å². The van der Waals surface area contributed by atoms with Gasteiger partial charge in [0.1, 0.15) is 5.75 Å². The van der Waals surface area contributed by atoms with Crippen molar-refractivity contribution in [1.82, 2.24) is 14.8 Å². The van der Waals surface area contributed by atoms with Crippen LogP contribution >= 0.6 is 23.1 Å². The molecule has 0 saturated heterocycles. The normalized spacial score (nSPS) is 11.3. The first-order valence-electron chi connectivity index (χ1n) is 9.20. The lowest BCUT2D eigenvalue weighted by molar-refractivity contribution is -0.0498. The fourth-order valence-corrected chi connectivity index (χ4v) is 4.48. The molecule has 4 aromatic rings. The molecule has 0 spiro atoms. The molecule has 0 aliphatic rings. The summed E-state index contributed by atoms with van der Waals surface area (Å²) in [5, 5.41) is 10.3. The van der Waals surface area contributed by atoms with E-state index in [-0.39, 0.29) is 17.3 Å². The monoisotopic (exact) mass is 461 g/mol. The van der Waals surface area contributed by atoms with E-state index in [1.165, 1.54) is 35.2 Å². The van der Waals surface area contributed by atoms with E-state index in [4.69, 9.17) is 4.42 Å². The average Bonchev–Trinajstić information content (AvgIpc) is 3.47. The minimum absolute atomic E-state index is 0.0714. The molecule has 1 aromatic carbocycles. The van der Waals surface area contributed by atoms with E-state index in [2.05, 4.69) is 14.9 Å². The molecule has 0 N–H and O–H groups in total. The number of Topliss-reactive ketones (excluding diaryl/α,β-unsaturated/α-hetero) is 1. The van der Waals surface area contributed by atoms with Gasteiger partial charge < -0.3 is 13.7 Å². The van der Waals surface area contributed by atoms with Crippen LogP contribution in [0, 0.1) is 13.8 Å². The number of alkyl halides is 2. The molecule has 0 radical (unpaired) electrons. The number of aromatic nitrogens is 3. The number of nitrogens with zero attached hydrogens (tertiary/aromatic N) is 3. The second kappa shape index (κ2) is 9.03. The molecule has 0 aliphatic carbocycles. The van der Waals surface area contributed by atoms with Gasteiger partial charge in [-0.15, -0.1) is 21.5 Å². The lowest BCUT2D eigenvalue weighted by Crippen LogP contribution is -2.06. The van der Waals surface area contributed by atoms with Gasteiger partial charge in [-0.2, -0.15) is 8.78 Å². The summed E-state index contributed by atoms with van der Waals surface area (Å²) in [7, 11) is 0. The smallest absolute Gasteiger partial charge is 0.387 e. The summed E-state index contributed by atoms with van der Waals surface area (Å²) in [6, 6.07) is 11.9. The summed E-state index contributed by atoms with van der Waals surface area (Å²) >= 11 is 2.68. The first-order valence-corrected chi connectivity index (χ1v) is 11.1. The lowest BCUT2D eigenvalue weighted by atomic mass is 10.2. The van der Waals surface area contributed by atoms with Crippen LogP contribution in [0.3, 0.4) is 0 Å². The number of carbonyl (C=O) groups is 1. The van der Waals surface area contributed by atoms with Crippen LogP contribution < -0.4 is 4.74 Å². The molecule has 0 aliphatic heterocycles. The van der Waals surface area contributed by atoms with Crippen LogP contribution in [-0.4, -0.2) is 32.9 Å². The molecule has 0 bridgehead atoms. The molecular formula is C21H17F2N3O3S2. The van der Waals surface area contributed by atoms with Crippen molar-refractivity contribution in [3.63, 3.8) is 0 Å². The average molecular weight is 462 g/mol. The Balaban J connectivity index is 1.47. The van der Waals surface area contributed by atoms with Gasteiger partial charge >= 0.3 is 6.61 Å². The Morgan fingerprint density at radius 3 is 2.68 bits per heavy atom. The summed E-state index contributed by atoms with van der Waals surface area (Å²) in [6.45, 7) is 0.852. The molecule has 0 saturated carbocycles. The van der Waals surface area contributed by atoms with Crippen LogP contribution in [0.2, 0.25) is 0 Å². The van der Waals surface area contributed by atoms with Crippen molar-refractivity contribution in [1.29, 1.82) is 0 Å². The van der Waals surface area contributed by atoms with Crippen LogP contribution in [0.25, 0.3) is 16.5 Å². The molecule has 0 amide bonds. The molecule has 6 nitrogen and oxygen atoms in total. The Morgan fingerprint density at radius 1 is 1.23 bits per heavy atom. The van der Waals surface area contributed by atoms with E-state index >= 15 is 0 Å². The predicted molar refractivity (Wildman–Crippen MR) is 115 cm³/mol. The highest BCUT2D eigenvalue weighted by Gasteiger charge is 2.19. The van der Waals surface area contributed by atoms with Crippen molar-refractivity contribution in [2.45, 2.75) is 25.7 Å². The van der Waals surface area contributed by atoms with Gasteiger partial charge in [0.05, 0.1) is 10.6 Å². The van der Waals surface area contributed by atoms with Gasteiger partial charge in [0.15, 0.2) is 5.78 Å². The van der Waals surface area contributed by atoms with Gasteiger partial charge in [0, 0.05) is 22.6 Å². The van der Waals surface area contributed by atoms with Crippen LogP contribution in [0.1, 0.15) is 21.7 Å². The third-order valence-corrected chi connectivity index (χ3v) is 6.19. The second-order valence-corrected chi connectivity index (χ2v) is 8.43. The maximum Gasteiger partial charge on any atom is 0.387 e. The van der Waals surface area contributed by atoms with Gasteiger partial charge in [-0.3, -0.25) is 4.79 Å². The van der Waals surface area contributed by atoms with Crippen LogP contribution in [0.5, 0.6) is 5.75 Å². The van der Waals surface area contributed by atoms with Crippen molar-refractivity contribution in [2.24, 2.45) is 0 Å². The zero-order valence-corrected chi connectivity index (χ0v) is 18.2. The highest BCUT2D eigenvalue weighted by Crippen LogP contribution is 2.28. The minimum Gasteiger partial charge on any atom is -0.435 e. The number of hydrogen-bond donors (Lipinski definition) is 0. The quantitative estimate of drug-likeness (QED) is 0.245. The lowest BCUT2D eigenvalue weighted by Gasteiger charge is -2.11. The van der Waals surface area contributed by atoms with Gasteiger partial charge in [-0.25, -0.2) is 0 Å². The highest BCUT2D eigenvalue weighted by molar-refractivity contribution is 7.99. The van der Waals surface area contributed by atoms with Gasteiger partial charge in [0.2, 0.25) is 0 Å². The third kappa shape index (κ3) is 4.70. The van der Waals surface area contributed by atoms with Crippen molar-refractivity contribution >= 4 is 28.9 Å². The minimum atomic E-state index is -2.87. The number of thioether (sulfide) groups is 1. The summed E-state index contributed by atoms with van der Waals surface area (Å²) in [6.07, 6.45) is 0. The molecular weight excluding hydrogens is 444 g/mol. The van der Waals surface area contributed by atoms with Crippen molar-refractivity contribution in [3.8, 4) is 22.2 Å². The molecule has 0 atom stereocenters. The first kappa shape index (κ1) is 21.3. The van der Waals surface area contributed by atoms with E-state index in [1.807, 2.05) is 42.0 Å². The standard InChI is InChI=1S/C21H17F2N3O3S2/c1-12-10-16(13(2)26(12)14-5-7-15(8-6-14)28-20(22)23)17(27)11-31-21-25-24-19(29-21)18-4-3-9-30-18/h3-10,20H,11H2,1-2H3. The van der Waals surface area contributed by atoms with Crippen LogP contribution in [0.4, 0.5) is 8.78 Å². The molecule has 3 aromatic heterocycles. The zero-order chi connectivity index (χ0) is 22.0. The number of benzene rings is 1. The fourth-order valence-electron chi connectivity index (χ4n) is 3.19. The van der Waals surface area contributed by atoms with E-state index in [0.29, 0.717) is 16.7 Å². The van der Waals surface area contributed by atoms with Crippen molar-refractivity contribution in [3.05, 3.63) is 64.8 Å². The number of carbonyl (C=O) groups excluding carboxylic acids is 1. The van der Waals surface area contributed by atoms with Gasteiger partial charge in [-0.1, -0.05) is 17.8 Å². The summed E-state index contributed by atoms with van der Waals surface area (Å²) < 4.78 is 36.6. The fraction of sp³-hybridized carbons (Fsp3) is 0.190. The van der Waals surface area contributed by atoms with Gasteiger partial charge in [0.25, 0.3) is 11.1 Å². The van der Waals surface area contributed by atoms with Crippen molar-refractivity contribution < 1.29 is 22.7 Å². The van der Waals surface area contributed by atoms with Gasteiger partial charge in [-0.05, 0) is 55.6 Å². The second-order valence-electron chi connectivity index (χ2n) is 6.55. The molecule has 10 heteroatoms. The van der Waals surface area contributed by atoms with E-state index in [0.717, 1.165) is 22.0 Å². The number of thiophene rings is 1. The third-order valence-electron chi connectivity index (χ3n) is 4.52. The topological polar surface area (TPSA) is 70.2 Å². The Morgan fingerprint density at radius 2 is 2.00 bits per heavy atom. The summed E-state index contributed by atoms with van der Waals surface area (Å²) in [5.74, 6) is 0.591. The Hall–Kier alpha value is -2.98. The molecule has 31 heavy (non-hydrogen) atoms. The zero-order valence-electron chi connectivity index (χ0n) is 16.5. The Labute approximate surface area is 184 Å². The molecule has 3 heterocycles. The number of halogens is 2. The number of ether oxygens (including phenoxy) is 1. The number of hydrogen-bond acceptors (Lipinski definition) is 7. The largest absolute Gasteiger partial charge is 0.435 e. The molecule has 160 valence electrons. The summed E-state index contributed by atoms with van der Waals surface area (Å²) in [4.78, 5) is 13.7. The number of ketones is 1. The first-order chi connectivity index (χ1) is 14.9. The number of rotatable bonds is 8. The van der Waals surface area contributed by atoms with Crippen LogP contribution in [0.15, 0.2) is 57.5 Å². The van der Waals surface area contributed by atoms with E-state index in [1.54, 1.807) is 12.1 Å². The Kier molecular flexibility index (Phi) is 6.19. The van der Waals surface area contributed by atoms with E-state index < -0.39 is 6.61 Å². The summed E-state index contributed by atoms with van der Waals surface area (Å²) in [5.41, 5.74) is 2.94. The number of aryl methyl sites for hydroxylation is 1. The molecule has 0 fully saturated rings. The molecule has 0 unspecified atom stereocenters.